The van der Waals surface area contributed by atoms with Gasteiger partial charge < -0.3 is 168 Å². The van der Waals surface area contributed by atoms with E-state index in [4.69, 9.17) is 66.3 Å². The Labute approximate surface area is 440 Å². The first-order chi connectivity index (χ1) is 36.7. The highest BCUT2D eigenvalue weighted by molar-refractivity contribution is 7.80. The van der Waals surface area contributed by atoms with Crippen LogP contribution in [0.15, 0.2) is 0 Å². The van der Waals surface area contributed by atoms with E-state index in [1.807, 2.05) is 0 Å². The van der Waals surface area contributed by atoms with Gasteiger partial charge in [-0.25, -0.2) is 0 Å². The molecule has 21 unspecified atom stereocenters. The van der Waals surface area contributed by atoms with Gasteiger partial charge >= 0.3 is 0 Å². The van der Waals surface area contributed by atoms with Gasteiger partial charge in [-0.05, 0) is 0 Å². The van der Waals surface area contributed by atoms with Crippen molar-refractivity contribution in [3.05, 3.63) is 0 Å². The summed E-state index contributed by atoms with van der Waals surface area (Å²) in [5.74, 6) is -0.352. The number of aliphatic hydroxyl groups excluding tert-OH is 20. The molecule has 0 radical (unpaired) electrons. The number of hydrogen-bond donors (Lipinski definition) is 21. The summed E-state index contributed by atoms with van der Waals surface area (Å²) in [5.41, 5.74) is 0. The summed E-state index contributed by atoms with van der Waals surface area (Å²) in [7, 11) is 0. The van der Waals surface area contributed by atoms with Gasteiger partial charge in [0.05, 0.1) is 45.7 Å². The van der Waals surface area contributed by atoms with E-state index in [0.717, 1.165) is 0 Å². The third-order valence-corrected chi connectivity index (χ3v) is 15.1. The summed E-state index contributed by atoms with van der Waals surface area (Å²) in [5, 5.41) is 220. The molecule has 21 aliphatic heterocycles. The molecular weight excluding hydrogens is 1080 g/mol. The van der Waals surface area contributed by atoms with Crippen LogP contribution in [0, 0.1) is 0 Å². The Hall–Kier alpha value is -1.01. The Balaban J connectivity index is 1.08. The lowest BCUT2D eigenvalue weighted by molar-refractivity contribution is -0.396. The van der Waals surface area contributed by atoms with Crippen LogP contribution in [0.25, 0.3) is 0 Å². The molecule has 0 spiro atoms. The van der Waals surface area contributed by atoms with Gasteiger partial charge in [0.1, 0.15) is 165 Å². The van der Waals surface area contributed by atoms with E-state index < -0.39 is 255 Å². The quantitative estimate of drug-likeness (QED) is 0.105. The molecule has 0 aromatic rings. The maximum absolute atomic E-state index is 11.4. The number of rotatable bonds is 7. The van der Waals surface area contributed by atoms with E-state index in [1.165, 1.54) is 0 Å². The number of hydrogen-bond acceptors (Lipinski definition) is 35. The minimum atomic E-state index is -2.20. The average molecular weight is 1150 g/mol. The highest BCUT2D eigenvalue weighted by Gasteiger charge is 2.59. The van der Waals surface area contributed by atoms with Crippen molar-refractivity contribution in [3.8, 4) is 0 Å². The van der Waals surface area contributed by atoms with Crippen LogP contribution in [0.4, 0.5) is 0 Å². The minimum absolute atomic E-state index is 0.352. The van der Waals surface area contributed by atoms with Crippen LogP contribution in [0.2, 0.25) is 0 Å². The lowest BCUT2D eigenvalue weighted by atomic mass is 9.95. The van der Waals surface area contributed by atoms with Crippen LogP contribution in [0.1, 0.15) is 0 Å². The molecule has 21 aliphatic rings. The average Bonchev–Trinajstić information content (AvgIpc) is 3.47. The predicted octanol–water partition coefficient (Wildman–Crippen LogP) is -14.3. The topological polar surface area (TPSA) is 534 Å². The molecule has 77 heavy (non-hydrogen) atoms. The van der Waals surface area contributed by atoms with Crippen LogP contribution in [0.3, 0.4) is 0 Å². The summed E-state index contributed by atoms with van der Waals surface area (Å²) >= 11 is 4.23. The van der Waals surface area contributed by atoms with Gasteiger partial charge in [0.15, 0.2) is 44.0 Å². The second kappa shape index (κ2) is 26.3. The van der Waals surface area contributed by atoms with E-state index in [1.54, 1.807) is 0 Å². The Morgan fingerprint density at radius 1 is 0.195 bits per heavy atom. The molecule has 14 bridgehead atoms. The summed E-state index contributed by atoms with van der Waals surface area (Å²) in [6, 6.07) is 0. The largest absolute Gasteiger partial charge is 0.394 e. The van der Waals surface area contributed by atoms with Crippen LogP contribution in [-0.4, -0.2) is 362 Å². The van der Waals surface area contributed by atoms with E-state index in [0.29, 0.717) is 0 Å². The van der Waals surface area contributed by atoms with Crippen molar-refractivity contribution >= 4 is 12.6 Å². The van der Waals surface area contributed by atoms with Crippen LogP contribution in [-0.2, 0) is 66.3 Å². The van der Waals surface area contributed by atoms with E-state index in [-0.39, 0.29) is 5.75 Å². The third-order valence-electron chi connectivity index (χ3n) is 14.8. The molecule has 34 nitrogen and oxygen atoms in total. The van der Waals surface area contributed by atoms with Gasteiger partial charge in [-0.3, -0.25) is 0 Å². The molecule has 20 N–H and O–H groups in total. The zero-order valence-corrected chi connectivity index (χ0v) is 41.2. The Kier molecular flexibility index (Phi) is 21.2. The zero-order valence-electron chi connectivity index (χ0n) is 40.3. The fourth-order valence-electron chi connectivity index (χ4n) is 10.4. The molecule has 21 rings (SSSR count). The number of thiol groups is 1. The number of ether oxygens (including phenoxy) is 14. The molecule has 21 heterocycles. The maximum Gasteiger partial charge on any atom is 0.187 e. The Bertz CT molecular complexity index is 1470. The Morgan fingerprint density at radius 2 is 0.325 bits per heavy atom. The van der Waals surface area contributed by atoms with Gasteiger partial charge in [-0.15, -0.1) is 0 Å². The molecule has 448 valence electrons. The highest BCUT2D eigenvalue weighted by Crippen LogP contribution is 2.39. The van der Waals surface area contributed by atoms with Crippen molar-refractivity contribution < 1.29 is 168 Å². The summed E-state index contributed by atoms with van der Waals surface area (Å²) in [4.78, 5) is 0. The third kappa shape index (κ3) is 12.2. The molecule has 35 heteroatoms. The van der Waals surface area contributed by atoms with E-state index in [2.05, 4.69) is 12.6 Å². The normalized spacial score (nSPS) is 55.4. The van der Waals surface area contributed by atoms with Gasteiger partial charge in [0.25, 0.3) is 0 Å². The van der Waals surface area contributed by atoms with Gasteiger partial charge in [0, 0.05) is 5.75 Å². The van der Waals surface area contributed by atoms with Gasteiger partial charge in [-0.2, -0.15) is 12.6 Å². The first kappa shape index (κ1) is 62.0. The van der Waals surface area contributed by atoms with E-state index in [9.17, 15) is 102 Å². The van der Waals surface area contributed by atoms with Crippen molar-refractivity contribution in [2.24, 2.45) is 0 Å². The van der Waals surface area contributed by atoms with E-state index >= 15 is 0 Å². The lowest BCUT2D eigenvalue weighted by Gasteiger charge is -2.50. The van der Waals surface area contributed by atoms with Crippen LogP contribution >= 0.6 is 12.6 Å². The summed E-state index contributed by atoms with van der Waals surface area (Å²) in [6.07, 6.45) is -68.7. The maximum atomic E-state index is 11.4. The molecule has 0 aromatic carbocycles. The van der Waals surface area contributed by atoms with Crippen molar-refractivity contribution in [3.63, 3.8) is 0 Å². The summed E-state index contributed by atoms with van der Waals surface area (Å²) < 4.78 is 80.0. The lowest BCUT2D eigenvalue weighted by Crippen LogP contribution is -2.68. The Morgan fingerprint density at radius 3 is 0.455 bits per heavy atom. The molecule has 35 atom stereocenters. The molecular formula is C42H70O34S. The van der Waals surface area contributed by atoms with Crippen molar-refractivity contribution in [1.82, 2.24) is 0 Å². The molecule has 0 amide bonds. The molecule has 0 aliphatic carbocycles. The van der Waals surface area contributed by atoms with Crippen molar-refractivity contribution in [2.45, 2.75) is 215 Å². The molecule has 21 saturated heterocycles. The standard InChI is InChI=1S/C42H70O34S/c43-1-8-29-16(50)23(57)37(64-8)72-31-10(3-45)66-39(25(59)18(31)52)74-33-12(5-47)68-41(27(61)20(33)54)76-35-14(7-77)69-42(28(62)21(35)55)75-34-13(6-48)67-40(26(60)19(34)53)73-32-11(4-46)65-38(24(58)17(32)51)71-30-9(2-44)63-36(70-29)22(56)15(30)49/h8-62,77H,1-7H2/t8?,9?,10?,11?,12?,13?,14?,15?,16?,17?,18?,19?,20?,21?,22?,23?,24?,25?,26?,27?,28?,29-,30-,31-,32-,33-,34-,35-,36+,37+,38+,39+,40+,41+,42+/m1/s1. The van der Waals surface area contributed by atoms with Crippen LogP contribution < -0.4 is 0 Å². The highest BCUT2D eigenvalue weighted by atomic mass is 32.1. The smallest absolute Gasteiger partial charge is 0.187 e. The summed E-state index contributed by atoms with van der Waals surface area (Å²) in [6.45, 7) is -6.17. The molecule has 0 aromatic heterocycles. The second-order valence-electron chi connectivity index (χ2n) is 19.7. The van der Waals surface area contributed by atoms with Gasteiger partial charge in [-0.1, -0.05) is 0 Å². The zero-order chi connectivity index (χ0) is 56.1. The monoisotopic (exact) mass is 1150 g/mol. The predicted molar refractivity (Wildman–Crippen MR) is 235 cm³/mol. The minimum Gasteiger partial charge on any atom is -0.394 e. The molecule has 21 fully saturated rings. The first-order valence-corrected chi connectivity index (χ1v) is 25.3. The van der Waals surface area contributed by atoms with Gasteiger partial charge in [0.2, 0.25) is 0 Å². The van der Waals surface area contributed by atoms with Crippen LogP contribution in [0.5, 0.6) is 0 Å². The fourth-order valence-corrected chi connectivity index (χ4v) is 10.7. The second-order valence-corrected chi connectivity index (χ2v) is 20.0. The molecule has 0 saturated carbocycles. The SMILES string of the molecule is OCC1O[C@H]2O[C@@H]3C(CO)O[C@@H](O[C@@H]4C(CO)O[C@@H](O[C@@H]5C(CS)O[C@@H](O[C@@H]6C(CO)O[C@@H](O[C@@H]7C(CO)O[C@@H](O[C@@H]8C(CO)O[C@@H](O[C@H]1C(O)C2O)C(O)C8O)C(O)C7O)C(O)C6O)C(O)C5O)C(O)C4O)C(O)C3O. The van der Waals surface area contributed by atoms with Crippen molar-refractivity contribution in [1.29, 1.82) is 0 Å². The van der Waals surface area contributed by atoms with Crippen molar-refractivity contribution in [2.75, 3.05) is 45.4 Å². The fraction of sp³-hybridized carbons (Fsp3) is 1.00. The first-order valence-electron chi connectivity index (χ1n) is 24.6. The number of aliphatic hydroxyl groups is 20.